The van der Waals surface area contributed by atoms with E-state index in [0.29, 0.717) is 11.5 Å². The maximum Gasteiger partial charge on any atom is 0.0580 e. The van der Waals surface area contributed by atoms with Crippen molar-refractivity contribution in [2.75, 3.05) is 13.1 Å². The molecule has 2 fully saturated rings. The number of nitrogens with zero attached hydrogens (tertiary/aromatic N) is 1. The van der Waals surface area contributed by atoms with Gasteiger partial charge in [0.25, 0.3) is 0 Å². The summed E-state index contributed by atoms with van der Waals surface area (Å²) in [6.45, 7) is 7.04. The summed E-state index contributed by atoms with van der Waals surface area (Å²) >= 11 is 0. The van der Waals surface area contributed by atoms with E-state index in [1.165, 1.54) is 38.6 Å². The summed E-state index contributed by atoms with van der Waals surface area (Å²) in [5.41, 5.74) is 0.372. The van der Waals surface area contributed by atoms with Crippen molar-refractivity contribution in [3.63, 3.8) is 0 Å². The Kier molecular flexibility index (Phi) is 3.36. The van der Waals surface area contributed by atoms with Crippen molar-refractivity contribution in [2.24, 2.45) is 5.92 Å². The second-order valence-corrected chi connectivity index (χ2v) is 5.97. The first-order chi connectivity index (χ1) is 7.09. The van der Waals surface area contributed by atoms with Gasteiger partial charge in [0, 0.05) is 12.1 Å². The molecule has 2 rings (SSSR count). The Hall–Kier alpha value is -0.0800. The highest BCUT2D eigenvalue weighted by molar-refractivity contribution is 4.90. The minimum atomic E-state index is -0.0323. The molecule has 1 saturated carbocycles. The van der Waals surface area contributed by atoms with Crippen LogP contribution in [-0.2, 0) is 0 Å². The molecule has 2 aliphatic rings. The molecule has 2 unspecified atom stereocenters. The fourth-order valence-corrected chi connectivity index (χ4v) is 3.19. The van der Waals surface area contributed by atoms with Crippen molar-refractivity contribution in [1.82, 2.24) is 4.90 Å². The third kappa shape index (κ3) is 2.54. The van der Waals surface area contributed by atoms with Crippen molar-refractivity contribution >= 4 is 0 Å². The lowest BCUT2D eigenvalue weighted by Gasteiger charge is -2.37. The monoisotopic (exact) mass is 211 g/mol. The van der Waals surface area contributed by atoms with Crippen molar-refractivity contribution in [2.45, 2.75) is 64.0 Å². The number of hydrogen-bond donors (Lipinski definition) is 1. The summed E-state index contributed by atoms with van der Waals surface area (Å²) in [5.74, 6) is 0.538. The molecule has 0 radical (unpaired) electrons. The topological polar surface area (TPSA) is 23.5 Å². The van der Waals surface area contributed by atoms with Crippen molar-refractivity contribution in [1.29, 1.82) is 0 Å². The lowest BCUT2D eigenvalue weighted by molar-refractivity contribution is 0.0323. The molecule has 1 saturated heterocycles. The van der Waals surface area contributed by atoms with Crippen LogP contribution in [-0.4, -0.2) is 34.7 Å². The van der Waals surface area contributed by atoms with Gasteiger partial charge in [-0.05, 0) is 52.0 Å². The van der Waals surface area contributed by atoms with Crippen LogP contribution in [0.2, 0.25) is 0 Å². The zero-order valence-corrected chi connectivity index (χ0v) is 10.2. The molecule has 0 spiro atoms. The Morgan fingerprint density at radius 2 is 1.93 bits per heavy atom. The fourth-order valence-electron chi connectivity index (χ4n) is 3.19. The van der Waals surface area contributed by atoms with Crippen LogP contribution in [0.25, 0.3) is 0 Å². The Labute approximate surface area is 93.7 Å². The van der Waals surface area contributed by atoms with Crippen LogP contribution in [0, 0.1) is 5.92 Å². The molecule has 1 heterocycles. The molecule has 1 N–H and O–H groups in total. The Balaban J connectivity index is 1.90. The minimum Gasteiger partial charge on any atom is -0.393 e. The van der Waals surface area contributed by atoms with Gasteiger partial charge >= 0.3 is 0 Å². The van der Waals surface area contributed by atoms with E-state index in [2.05, 4.69) is 18.7 Å². The molecule has 0 bridgehead atoms. The van der Waals surface area contributed by atoms with Gasteiger partial charge in [-0.25, -0.2) is 0 Å². The van der Waals surface area contributed by atoms with Gasteiger partial charge in [-0.2, -0.15) is 0 Å². The van der Waals surface area contributed by atoms with Crippen molar-refractivity contribution in [3.05, 3.63) is 0 Å². The SMILES string of the molecule is CC1(C)CCCN1CC1CCCCC1O. The van der Waals surface area contributed by atoms with Gasteiger partial charge < -0.3 is 5.11 Å². The van der Waals surface area contributed by atoms with E-state index in [1.807, 2.05) is 0 Å². The van der Waals surface area contributed by atoms with Crippen molar-refractivity contribution < 1.29 is 5.11 Å². The molecule has 15 heavy (non-hydrogen) atoms. The van der Waals surface area contributed by atoms with Crippen LogP contribution >= 0.6 is 0 Å². The van der Waals surface area contributed by atoms with Gasteiger partial charge in [0.15, 0.2) is 0 Å². The Morgan fingerprint density at radius 1 is 1.20 bits per heavy atom. The predicted octanol–water partition coefficient (Wildman–Crippen LogP) is 2.41. The van der Waals surface area contributed by atoms with Gasteiger partial charge in [-0.15, -0.1) is 0 Å². The lowest BCUT2D eigenvalue weighted by Crippen LogP contribution is -2.44. The molecule has 0 aromatic rings. The standard InChI is InChI=1S/C13H25NO/c1-13(2)8-5-9-14(13)10-11-6-3-4-7-12(11)15/h11-12,15H,3-10H2,1-2H3. The fraction of sp³-hybridized carbons (Fsp3) is 1.00. The van der Waals surface area contributed by atoms with Crippen molar-refractivity contribution in [3.8, 4) is 0 Å². The molecule has 1 aliphatic heterocycles. The number of likely N-dealkylation sites (tertiary alicyclic amines) is 1. The van der Waals surface area contributed by atoms with Crippen LogP contribution in [0.3, 0.4) is 0 Å². The number of hydrogen-bond acceptors (Lipinski definition) is 2. The smallest absolute Gasteiger partial charge is 0.0580 e. The zero-order chi connectivity index (χ0) is 10.9. The minimum absolute atomic E-state index is 0.0323. The number of aliphatic hydroxyl groups excluding tert-OH is 1. The molecule has 0 aromatic carbocycles. The third-order valence-corrected chi connectivity index (χ3v) is 4.40. The molecule has 1 aliphatic carbocycles. The van der Waals surface area contributed by atoms with Crippen LogP contribution in [0.4, 0.5) is 0 Å². The lowest BCUT2D eigenvalue weighted by atomic mass is 9.85. The highest BCUT2D eigenvalue weighted by Crippen LogP contribution is 2.32. The predicted molar refractivity (Wildman–Crippen MR) is 62.9 cm³/mol. The Morgan fingerprint density at radius 3 is 2.53 bits per heavy atom. The van der Waals surface area contributed by atoms with Gasteiger partial charge in [0.05, 0.1) is 6.10 Å². The first kappa shape index (κ1) is 11.4. The number of rotatable bonds is 2. The second kappa shape index (κ2) is 4.42. The van der Waals surface area contributed by atoms with E-state index < -0.39 is 0 Å². The number of aliphatic hydroxyl groups is 1. The summed E-state index contributed by atoms with van der Waals surface area (Å²) in [6, 6.07) is 0. The largest absolute Gasteiger partial charge is 0.393 e. The normalized spacial score (nSPS) is 37.0. The summed E-state index contributed by atoms with van der Waals surface area (Å²) in [4.78, 5) is 2.59. The van der Waals surface area contributed by atoms with E-state index in [0.717, 1.165) is 13.0 Å². The van der Waals surface area contributed by atoms with Crippen LogP contribution in [0.5, 0.6) is 0 Å². The van der Waals surface area contributed by atoms with E-state index >= 15 is 0 Å². The van der Waals surface area contributed by atoms with Gasteiger partial charge in [0.1, 0.15) is 0 Å². The second-order valence-electron chi connectivity index (χ2n) is 5.97. The molecule has 0 aromatic heterocycles. The summed E-state index contributed by atoms with van der Waals surface area (Å²) in [5, 5.41) is 9.97. The Bertz CT molecular complexity index is 215. The van der Waals surface area contributed by atoms with E-state index in [-0.39, 0.29) is 6.10 Å². The first-order valence-electron chi connectivity index (χ1n) is 6.53. The molecule has 2 atom stereocenters. The molecule has 2 nitrogen and oxygen atoms in total. The van der Waals surface area contributed by atoms with Crippen LogP contribution in [0.15, 0.2) is 0 Å². The van der Waals surface area contributed by atoms with Gasteiger partial charge in [-0.1, -0.05) is 12.8 Å². The van der Waals surface area contributed by atoms with E-state index in [4.69, 9.17) is 0 Å². The molecular formula is C13H25NO. The quantitative estimate of drug-likeness (QED) is 0.758. The summed E-state index contributed by atoms with van der Waals surface area (Å²) < 4.78 is 0. The maximum atomic E-state index is 9.97. The highest BCUT2D eigenvalue weighted by Gasteiger charge is 2.35. The van der Waals surface area contributed by atoms with Gasteiger partial charge in [0.2, 0.25) is 0 Å². The van der Waals surface area contributed by atoms with E-state index in [1.54, 1.807) is 0 Å². The molecular weight excluding hydrogens is 186 g/mol. The summed E-state index contributed by atoms with van der Waals surface area (Å²) in [7, 11) is 0. The van der Waals surface area contributed by atoms with Gasteiger partial charge in [-0.3, -0.25) is 4.90 Å². The maximum absolute atomic E-state index is 9.97. The van der Waals surface area contributed by atoms with Crippen LogP contribution in [0.1, 0.15) is 52.4 Å². The summed E-state index contributed by atoms with van der Waals surface area (Å²) in [6.07, 6.45) is 7.41. The first-order valence-corrected chi connectivity index (χ1v) is 6.53. The highest BCUT2D eigenvalue weighted by atomic mass is 16.3. The third-order valence-electron chi connectivity index (χ3n) is 4.40. The van der Waals surface area contributed by atoms with Crippen LogP contribution < -0.4 is 0 Å². The van der Waals surface area contributed by atoms with E-state index in [9.17, 15) is 5.11 Å². The zero-order valence-electron chi connectivity index (χ0n) is 10.2. The molecule has 0 amide bonds. The average Bonchev–Trinajstić information content (AvgIpc) is 2.50. The molecule has 2 heteroatoms. The molecule has 88 valence electrons. The average molecular weight is 211 g/mol.